The number of nitrogens with zero attached hydrogens (tertiary/aromatic N) is 6. The predicted molar refractivity (Wildman–Crippen MR) is 299 cm³/mol. The fourth-order valence-corrected chi connectivity index (χ4v) is 8.59. The molecule has 410 valence electrons. The van der Waals surface area contributed by atoms with E-state index in [0.717, 1.165) is 33.1 Å². The Balaban J connectivity index is 0.685. The van der Waals surface area contributed by atoms with Crippen molar-refractivity contribution in [2.75, 3.05) is 118 Å². The summed E-state index contributed by atoms with van der Waals surface area (Å²) in [6.07, 6.45) is 1.45. The number of aromatic nitrogens is 4. The molecule has 0 bridgehead atoms. The summed E-state index contributed by atoms with van der Waals surface area (Å²) in [5.74, 6) is 1.54. The number of carboxylic acid groups (broad SMARTS) is 1. The third-order valence-corrected chi connectivity index (χ3v) is 12.5. The highest BCUT2D eigenvalue weighted by Gasteiger charge is 2.24. The highest BCUT2D eigenvalue weighted by molar-refractivity contribution is 6.30. The summed E-state index contributed by atoms with van der Waals surface area (Å²) in [4.78, 5) is 37.1. The molecule has 3 heterocycles. The zero-order valence-electron chi connectivity index (χ0n) is 44.8. The summed E-state index contributed by atoms with van der Waals surface area (Å²) in [7, 11) is 7.78. The van der Waals surface area contributed by atoms with Crippen LogP contribution in [0.2, 0.25) is 5.02 Å². The second-order valence-corrected chi connectivity index (χ2v) is 19.1. The van der Waals surface area contributed by atoms with Crippen molar-refractivity contribution in [1.82, 2.24) is 29.5 Å². The Hall–Kier alpha value is -7.65. The maximum absolute atomic E-state index is 13.2. The lowest BCUT2D eigenvalue weighted by molar-refractivity contribution is -0.0124. The van der Waals surface area contributed by atoms with Gasteiger partial charge in [0.25, 0.3) is 11.7 Å². The molecule has 8 rings (SSSR count). The van der Waals surface area contributed by atoms with Crippen molar-refractivity contribution in [3.63, 3.8) is 0 Å². The summed E-state index contributed by atoms with van der Waals surface area (Å²) in [5, 5.41) is 23.4. The minimum Gasteiger partial charge on any atom is -0.491 e. The largest absolute Gasteiger partial charge is 0.491 e. The molecule has 6 aromatic rings. The number of aromatic carboxylic acids is 1. The van der Waals surface area contributed by atoms with Crippen LogP contribution in [0.4, 0.5) is 11.5 Å². The smallest absolute Gasteiger partial charge is 0.336 e. The van der Waals surface area contributed by atoms with Gasteiger partial charge in [-0.3, -0.25) is 4.79 Å². The molecule has 2 aromatic heterocycles. The average molecular weight is 1090 g/mol. The van der Waals surface area contributed by atoms with Gasteiger partial charge in [-0.05, 0) is 74.0 Å². The van der Waals surface area contributed by atoms with Crippen molar-refractivity contribution in [2.24, 2.45) is 0 Å². The Bertz CT molecular complexity index is 3360. The van der Waals surface area contributed by atoms with E-state index < -0.39 is 11.9 Å². The summed E-state index contributed by atoms with van der Waals surface area (Å²) < 4.78 is 50.5. The van der Waals surface area contributed by atoms with Crippen LogP contribution in [0.25, 0.3) is 50.5 Å². The zero-order valence-corrected chi connectivity index (χ0v) is 45.5. The van der Waals surface area contributed by atoms with Gasteiger partial charge in [0, 0.05) is 89.3 Å². The standard InChI is InChI=1S/C58H65ClN8O11/c1-38(2)77-51-32-41(59)13-11-40(51)36-61-54-35-49(64-58-62-37-63-67(54)58)45-9-7-8-10-50(45)76-30-29-75-28-27-74-26-25-73-24-23-72-22-21-71-20-19-60-56(68)39-12-16-44(48(31-39)57(69)70)55-46-17-14-42(65(3)4)33-52(46)78-53-34-43(66(5)6)15-18-47(53)55/h7-18,31-35,37-38H,19-30,36H2,1-6H3,(H2-,60,61,62,63,64,68,69,70)/p+1. The lowest BCUT2D eigenvalue weighted by Crippen LogP contribution is -2.28. The van der Waals surface area contributed by atoms with Gasteiger partial charge >= 0.3 is 5.97 Å². The molecule has 2 aliphatic rings. The first-order chi connectivity index (χ1) is 37.8. The Morgan fingerprint density at radius 2 is 1.45 bits per heavy atom. The monoisotopic (exact) mass is 1090 g/mol. The molecule has 3 N–H and O–H groups in total. The number of hydrogen-bond acceptors (Lipinski definition) is 15. The molecule has 0 radical (unpaired) electrons. The van der Waals surface area contributed by atoms with Crippen molar-refractivity contribution in [1.29, 1.82) is 0 Å². The van der Waals surface area contributed by atoms with Gasteiger partial charge in [-0.25, -0.2) is 14.4 Å². The highest BCUT2D eigenvalue weighted by Crippen LogP contribution is 2.42. The number of halogens is 1. The summed E-state index contributed by atoms with van der Waals surface area (Å²) in [6, 6.07) is 31.6. The first-order valence-electron chi connectivity index (χ1n) is 25.7. The minimum atomic E-state index is -1.15. The van der Waals surface area contributed by atoms with Gasteiger partial charge in [-0.15, -0.1) is 0 Å². The maximum atomic E-state index is 13.2. The van der Waals surface area contributed by atoms with E-state index in [9.17, 15) is 14.7 Å². The number of amides is 1. The fraction of sp³-hybridized carbons (Fsp3) is 0.345. The van der Waals surface area contributed by atoms with Crippen LogP contribution in [0.3, 0.4) is 0 Å². The van der Waals surface area contributed by atoms with E-state index in [1.54, 1.807) is 16.6 Å². The van der Waals surface area contributed by atoms with Gasteiger partial charge in [0.05, 0.1) is 89.5 Å². The molecule has 1 amide bonds. The topological polar surface area (TPSA) is 206 Å². The molecular weight excluding hydrogens is 1020 g/mol. The van der Waals surface area contributed by atoms with Gasteiger partial charge in [0.2, 0.25) is 5.36 Å². The lowest BCUT2D eigenvalue weighted by atomic mass is 9.89. The molecule has 78 heavy (non-hydrogen) atoms. The molecule has 0 unspecified atom stereocenters. The van der Waals surface area contributed by atoms with Crippen LogP contribution in [-0.2, 0) is 30.2 Å². The number of ether oxygens (including phenoxy) is 7. The van der Waals surface area contributed by atoms with Crippen LogP contribution in [0.1, 0.15) is 40.1 Å². The van der Waals surface area contributed by atoms with Crippen molar-refractivity contribution >= 4 is 51.7 Å². The molecule has 4 aromatic carbocycles. The Labute approximate surface area is 457 Å². The fourth-order valence-electron chi connectivity index (χ4n) is 8.43. The number of nitrogens with one attached hydrogen (secondary N) is 2. The van der Waals surface area contributed by atoms with Crippen LogP contribution in [-0.4, -0.2) is 150 Å². The van der Waals surface area contributed by atoms with Gasteiger partial charge in [0.15, 0.2) is 0 Å². The van der Waals surface area contributed by atoms with E-state index in [4.69, 9.17) is 54.2 Å². The molecule has 19 nitrogen and oxygen atoms in total. The van der Waals surface area contributed by atoms with Crippen LogP contribution < -0.4 is 34.9 Å². The second-order valence-electron chi connectivity index (χ2n) is 18.6. The Morgan fingerprint density at radius 3 is 2.14 bits per heavy atom. The SMILES string of the molecule is CC(C)Oc1cc(Cl)ccc1CNc1cc(-c2ccccc2OCCOCCOCCOCCOCCOCCNC(=O)c2ccc(-c3c4ccc(=[N+](C)C)cc-4oc4cc(N(C)C)ccc34)c(C(=O)O)c2)nc2ncnn12. The average Bonchev–Trinajstić information content (AvgIpc) is 4.07. The van der Waals surface area contributed by atoms with Crippen LogP contribution in [0.15, 0.2) is 114 Å². The summed E-state index contributed by atoms with van der Waals surface area (Å²) in [6.45, 7) is 8.62. The molecule has 0 spiro atoms. The maximum Gasteiger partial charge on any atom is 0.336 e. The Kier molecular flexibility index (Phi) is 20.0. The van der Waals surface area contributed by atoms with Crippen LogP contribution >= 0.6 is 11.6 Å². The van der Waals surface area contributed by atoms with E-state index in [1.807, 2.05) is 136 Å². The molecule has 20 heteroatoms. The lowest BCUT2D eigenvalue weighted by Gasteiger charge is -2.19. The minimum absolute atomic E-state index is 0.00111. The molecule has 0 saturated carbocycles. The number of benzene rings is 5. The molecule has 1 aliphatic carbocycles. The Morgan fingerprint density at radius 1 is 0.756 bits per heavy atom. The van der Waals surface area contributed by atoms with E-state index in [0.29, 0.717) is 129 Å². The van der Waals surface area contributed by atoms with Gasteiger partial charge < -0.3 is 58.2 Å². The molecule has 1 aliphatic heterocycles. The number of anilines is 2. The normalized spacial score (nSPS) is 11.4. The zero-order chi connectivity index (χ0) is 55.0. The van der Waals surface area contributed by atoms with Gasteiger partial charge in [0.1, 0.15) is 55.7 Å². The van der Waals surface area contributed by atoms with Crippen molar-refractivity contribution in [3.8, 4) is 45.2 Å². The number of para-hydroxylation sites is 1. The number of hydrogen-bond donors (Lipinski definition) is 3. The molecule has 0 saturated heterocycles. The first-order valence-corrected chi connectivity index (χ1v) is 26.1. The number of carbonyl (C=O) groups excluding carboxylic acids is 1. The third-order valence-electron chi connectivity index (χ3n) is 12.3. The molecular formula is C58H66ClN8O11+. The number of fused-ring (bicyclic) bond motifs is 3. The van der Waals surface area contributed by atoms with Crippen molar-refractivity contribution in [3.05, 3.63) is 137 Å². The molecule has 0 fully saturated rings. The highest BCUT2D eigenvalue weighted by atomic mass is 35.5. The second kappa shape index (κ2) is 27.6. The molecule has 0 atom stereocenters. The van der Waals surface area contributed by atoms with E-state index in [-0.39, 0.29) is 30.4 Å². The van der Waals surface area contributed by atoms with Gasteiger partial charge in [-0.1, -0.05) is 35.9 Å². The van der Waals surface area contributed by atoms with Crippen LogP contribution in [0.5, 0.6) is 11.5 Å². The third kappa shape index (κ3) is 14.9. The predicted octanol–water partition coefficient (Wildman–Crippen LogP) is 8.05. The van der Waals surface area contributed by atoms with Crippen LogP contribution in [0, 0.1) is 0 Å². The number of carboxylic acids is 1. The van der Waals surface area contributed by atoms with E-state index >= 15 is 0 Å². The summed E-state index contributed by atoms with van der Waals surface area (Å²) >= 11 is 6.27. The van der Waals surface area contributed by atoms with Crippen molar-refractivity contribution in [2.45, 2.75) is 26.5 Å². The first kappa shape index (κ1) is 56.6. The number of rotatable bonds is 29. The van der Waals surface area contributed by atoms with E-state index in [1.165, 1.54) is 12.4 Å². The number of carbonyl (C=O) groups is 2. The van der Waals surface area contributed by atoms with Crippen molar-refractivity contribution < 1.29 is 52.3 Å². The summed E-state index contributed by atoms with van der Waals surface area (Å²) in [5.41, 5.74) is 6.10. The van der Waals surface area contributed by atoms with E-state index in [2.05, 4.69) is 20.7 Å². The van der Waals surface area contributed by atoms with Gasteiger partial charge in [-0.2, -0.15) is 14.6 Å². The quantitative estimate of drug-likeness (QED) is 0.0230.